The molecule has 0 fully saturated rings. The standard InChI is InChI=1S/C19H30N6O2/c1-24(2)16(15-11-23-25(3)13-15)12-22-19(20)21-9-8-14-6-7-17(26-4)18(10-14)27-5/h6-7,10-11,13,16H,8-9,12H2,1-5H3,(H3,20,21,22). The molecule has 8 heteroatoms. The Labute approximate surface area is 161 Å². The Morgan fingerprint density at radius 3 is 2.63 bits per heavy atom. The molecule has 1 aromatic heterocycles. The number of methoxy groups -OCH3 is 2. The zero-order valence-corrected chi connectivity index (χ0v) is 16.8. The van der Waals surface area contributed by atoms with Crippen molar-refractivity contribution in [1.29, 1.82) is 0 Å². The summed E-state index contributed by atoms with van der Waals surface area (Å²) in [5, 5.41) is 7.40. The number of nitrogens with zero attached hydrogens (tertiary/aromatic N) is 4. The van der Waals surface area contributed by atoms with E-state index in [-0.39, 0.29) is 6.04 Å². The van der Waals surface area contributed by atoms with Crippen molar-refractivity contribution in [2.24, 2.45) is 17.8 Å². The summed E-state index contributed by atoms with van der Waals surface area (Å²) >= 11 is 0. The van der Waals surface area contributed by atoms with Crippen LogP contribution in [0.2, 0.25) is 0 Å². The molecular formula is C19H30N6O2. The third-order valence-electron chi connectivity index (χ3n) is 4.34. The minimum Gasteiger partial charge on any atom is -0.493 e. The summed E-state index contributed by atoms with van der Waals surface area (Å²) in [4.78, 5) is 6.59. The molecule has 0 amide bonds. The highest BCUT2D eigenvalue weighted by molar-refractivity contribution is 5.77. The Kier molecular flexibility index (Phi) is 7.48. The van der Waals surface area contributed by atoms with Gasteiger partial charge in [0.05, 0.1) is 33.0 Å². The second-order valence-electron chi connectivity index (χ2n) is 6.52. The summed E-state index contributed by atoms with van der Waals surface area (Å²) in [6, 6.07) is 6.02. The van der Waals surface area contributed by atoms with Gasteiger partial charge in [0.15, 0.2) is 17.5 Å². The van der Waals surface area contributed by atoms with E-state index in [1.165, 1.54) is 0 Å². The molecule has 3 N–H and O–H groups in total. The maximum atomic E-state index is 6.03. The highest BCUT2D eigenvalue weighted by atomic mass is 16.5. The molecule has 0 saturated carbocycles. The van der Waals surface area contributed by atoms with Gasteiger partial charge in [-0.05, 0) is 38.2 Å². The lowest BCUT2D eigenvalue weighted by Gasteiger charge is -2.21. The maximum Gasteiger partial charge on any atom is 0.188 e. The van der Waals surface area contributed by atoms with Crippen LogP contribution in [0, 0.1) is 0 Å². The van der Waals surface area contributed by atoms with Crippen LogP contribution >= 0.6 is 0 Å². The minimum absolute atomic E-state index is 0.130. The van der Waals surface area contributed by atoms with Gasteiger partial charge in [0.2, 0.25) is 0 Å². The topological polar surface area (TPSA) is 89.9 Å². The molecule has 148 valence electrons. The summed E-state index contributed by atoms with van der Waals surface area (Å²) in [7, 11) is 9.21. The first-order valence-corrected chi connectivity index (χ1v) is 8.84. The molecule has 2 aromatic rings. The monoisotopic (exact) mass is 374 g/mol. The number of rotatable bonds is 9. The van der Waals surface area contributed by atoms with Crippen molar-refractivity contribution in [2.75, 3.05) is 41.4 Å². The Balaban J connectivity index is 1.88. The summed E-state index contributed by atoms with van der Waals surface area (Å²) in [6.07, 6.45) is 4.66. The SMILES string of the molecule is COc1ccc(CCNC(N)=NCC(c2cnn(C)c2)N(C)C)cc1OC. The number of aliphatic imine (C=N–C) groups is 1. The third-order valence-corrected chi connectivity index (χ3v) is 4.34. The predicted octanol–water partition coefficient (Wildman–Crippen LogP) is 1.19. The Morgan fingerprint density at radius 2 is 2.04 bits per heavy atom. The average molecular weight is 374 g/mol. The molecule has 0 spiro atoms. The molecule has 1 heterocycles. The van der Waals surface area contributed by atoms with Crippen molar-refractivity contribution in [2.45, 2.75) is 12.5 Å². The van der Waals surface area contributed by atoms with Gasteiger partial charge in [0.25, 0.3) is 0 Å². The summed E-state index contributed by atoms with van der Waals surface area (Å²) in [5.41, 5.74) is 8.28. The van der Waals surface area contributed by atoms with Crippen LogP contribution in [-0.2, 0) is 13.5 Å². The molecule has 0 aliphatic carbocycles. The second-order valence-corrected chi connectivity index (χ2v) is 6.52. The van der Waals surface area contributed by atoms with Gasteiger partial charge in [0.1, 0.15) is 0 Å². The fourth-order valence-corrected chi connectivity index (χ4v) is 2.79. The van der Waals surface area contributed by atoms with Gasteiger partial charge in [-0.15, -0.1) is 0 Å². The smallest absolute Gasteiger partial charge is 0.188 e. The van der Waals surface area contributed by atoms with Gasteiger partial charge >= 0.3 is 0 Å². The van der Waals surface area contributed by atoms with Gasteiger partial charge in [-0.2, -0.15) is 5.10 Å². The van der Waals surface area contributed by atoms with E-state index in [0.717, 1.165) is 29.0 Å². The first kappa shape index (κ1) is 20.6. The fourth-order valence-electron chi connectivity index (χ4n) is 2.79. The Morgan fingerprint density at radius 1 is 1.30 bits per heavy atom. The highest BCUT2D eigenvalue weighted by Crippen LogP contribution is 2.27. The molecule has 27 heavy (non-hydrogen) atoms. The third kappa shape index (κ3) is 5.89. The van der Waals surface area contributed by atoms with Crippen LogP contribution in [0.25, 0.3) is 0 Å². The van der Waals surface area contributed by atoms with Crippen LogP contribution in [0.4, 0.5) is 0 Å². The van der Waals surface area contributed by atoms with E-state index in [1.54, 1.807) is 18.9 Å². The van der Waals surface area contributed by atoms with E-state index < -0.39 is 0 Å². The summed E-state index contributed by atoms with van der Waals surface area (Å²) in [6.45, 7) is 1.25. The van der Waals surface area contributed by atoms with E-state index in [9.17, 15) is 0 Å². The van der Waals surface area contributed by atoms with Crippen molar-refractivity contribution in [3.63, 3.8) is 0 Å². The first-order chi connectivity index (χ1) is 12.9. The molecule has 0 bridgehead atoms. The lowest BCUT2D eigenvalue weighted by molar-refractivity contribution is 0.306. The number of nitrogens with one attached hydrogen (secondary N) is 1. The van der Waals surface area contributed by atoms with Crippen LogP contribution in [0.15, 0.2) is 35.6 Å². The molecule has 8 nitrogen and oxygen atoms in total. The van der Waals surface area contributed by atoms with E-state index >= 15 is 0 Å². The number of aryl methyl sites for hydroxylation is 1. The fraction of sp³-hybridized carbons (Fsp3) is 0.474. The van der Waals surface area contributed by atoms with Crippen LogP contribution in [-0.4, -0.2) is 62.0 Å². The predicted molar refractivity (Wildman–Crippen MR) is 107 cm³/mol. The number of hydrogen-bond donors (Lipinski definition) is 2. The van der Waals surface area contributed by atoms with Gasteiger partial charge in [-0.1, -0.05) is 6.07 Å². The molecule has 1 unspecified atom stereocenters. The number of aromatic nitrogens is 2. The van der Waals surface area contributed by atoms with Crippen molar-refractivity contribution in [3.8, 4) is 11.5 Å². The Bertz CT molecular complexity index is 756. The van der Waals surface area contributed by atoms with E-state index in [1.807, 2.05) is 51.7 Å². The van der Waals surface area contributed by atoms with Gasteiger partial charge < -0.3 is 25.4 Å². The maximum absolute atomic E-state index is 6.03. The lowest BCUT2D eigenvalue weighted by Crippen LogP contribution is -2.34. The number of guanidine groups is 1. The largest absolute Gasteiger partial charge is 0.493 e. The highest BCUT2D eigenvalue weighted by Gasteiger charge is 2.15. The number of ether oxygens (including phenoxy) is 2. The van der Waals surface area contributed by atoms with Crippen LogP contribution in [0.5, 0.6) is 11.5 Å². The van der Waals surface area contributed by atoms with Crippen molar-refractivity contribution >= 4 is 5.96 Å². The van der Waals surface area contributed by atoms with E-state index in [2.05, 4.69) is 20.3 Å². The zero-order valence-electron chi connectivity index (χ0n) is 16.8. The zero-order chi connectivity index (χ0) is 19.8. The number of nitrogens with two attached hydrogens (primary N) is 1. The normalized spacial score (nSPS) is 12.9. The molecule has 0 radical (unpaired) electrons. The molecule has 1 aromatic carbocycles. The summed E-state index contributed by atoms with van der Waals surface area (Å²) < 4.78 is 12.4. The van der Waals surface area contributed by atoms with Gasteiger partial charge in [-0.25, -0.2) is 0 Å². The van der Waals surface area contributed by atoms with Crippen molar-refractivity contribution in [3.05, 3.63) is 41.7 Å². The van der Waals surface area contributed by atoms with Crippen LogP contribution in [0.1, 0.15) is 17.2 Å². The molecular weight excluding hydrogens is 344 g/mol. The van der Waals surface area contributed by atoms with Crippen molar-refractivity contribution in [1.82, 2.24) is 20.0 Å². The molecule has 0 aliphatic rings. The van der Waals surface area contributed by atoms with Crippen LogP contribution in [0.3, 0.4) is 0 Å². The van der Waals surface area contributed by atoms with Crippen LogP contribution < -0.4 is 20.5 Å². The quantitative estimate of drug-likeness (QED) is 0.506. The Hall–Kier alpha value is -2.74. The molecule has 0 saturated heterocycles. The van der Waals surface area contributed by atoms with E-state index in [4.69, 9.17) is 15.2 Å². The number of hydrogen-bond acceptors (Lipinski definition) is 5. The minimum atomic E-state index is 0.130. The molecule has 0 aliphatic heterocycles. The number of likely N-dealkylation sites (N-methyl/N-ethyl adjacent to an activating group) is 1. The molecule has 1 atom stereocenters. The second kappa shape index (κ2) is 9.82. The van der Waals surface area contributed by atoms with Crippen molar-refractivity contribution < 1.29 is 9.47 Å². The van der Waals surface area contributed by atoms with Gasteiger partial charge in [-0.3, -0.25) is 9.67 Å². The van der Waals surface area contributed by atoms with E-state index in [0.29, 0.717) is 19.0 Å². The first-order valence-electron chi connectivity index (χ1n) is 8.84. The number of benzene rings is 1. The van der Waals surface area contributed by atoms with Gasteiger partial charge in [0, 0.05) is 25.4 Å². The average Bonchev–Trinajstić information content (AvgIpc) is 3.07. The molecule has 2 rings (SSSR count). The summed E-state index contributed by atoms with van der Waals surface area (Å²) in [5.74, 6) is 1.88. The lowest BCUT2D eigenvalue weighted by atomic mass is 10.1.